The predicted octanol–water partition coefficient (Wildman–Crippen LogP) is 2.33. The summed E-state index contributed by atoms with van der Waals surface area (Å²) in [5, 5.41) is 8.59. The molecular formula is C11H18N2. The Balaban J connectivity index is 2.39. The average Bonchev–Trinajstić information content (AvgIpc) is 2.16. The molecule has 1 aliphatic rings. The lowest BCUT2D eigenvalue weighted by Gasteiger charge is -2.32. The van der Waals surface area contributed by atoms with E-state index in [1.807, 2.05) is 13.0 Å². The van der Waals surface area contributed by atoms with Gasteiger partial charge in [-0.25, -0.2) is 0 Å². The van der Waals surface area contributed by atoms with Crippen LogP contribution in [0.1, 0.15) is 33.1 Å². The van der Waals surface area contributed by atoms with Crippen LogP contribution < -0.4 is 0 Å². The summed E-state index contributed by atoms with van der Waals surface area (Å²) in [6.07, 6.45) is 6.00. The summed E-state index contributed by atoms with van der Waals surface area (Å²) >= 11 is 0. The molecule has 1 rings (SSSR count). The third-order valence-electron chi connectivity index (χ3n) is 2.75. The fourth-order valence-electron chi connectivity index (χ4n) is 1.73. The number of piperidine rings is 1. The highest BCUT2D eigenvalue weighted by molar-refractivity contribution is 5.17. The van der Waals surface area contributed by atoms with Gasteiger partial charge in [0.25, 0.3) is 0 Å². The molecule has 0 amide bonds. The number of nitriles is 1. The minimum Gasteiger partial charge on any atom is -0.297 e. The number of hydrogen-bond donors (Lipinski definition) is 0. The monoisotopic (exact) mass is 178 g/mol. The lowest BCUT2D eigenvalue weighted by atomic mass is 10.0. The van der Waals surface area contributed by atoms with Crippen LogP contribution in [0, 0.1) is 11.3 Å². The summed E-state index contributed by atoms with van der Waals surface area (Å²) in [5.41, 5.74) is 0.831. The largest absolute Gasteiger partial charge is 0.297 e. The minimum absolute atomic E-state index is 0.691. The maximum absolute atomic E-state index is 8.59. The van der Waals surface area contributed by atoms with Gasteiger partial charge in [0.05, 0.1) is 6.07 Å². The van der Waals surface area contributed by atoms with E-state index in [0.29, 0.717) is 6.04 Å². The Bertz CT molecular complexity index is 225. The maximum atomic E-state index is 8.59. The number of hydrogen-bond acceptors (Lipinski definition) is 2. The Morgan fingerprint density at radius 3 is 3.00 bits per heavy atom. The highest BCUT2D eigenvalue weighted by atomic mass is 15.1. The fourth-order valence-corrected chi connectivity index (χ4v) is 1.73. The van der Waals surface area contributed by atoms with Crippen LogP contribution in [0.15, 0.2) is 11.6 Å². The standard InChI is InChI=1S/C11H18N2/c1-10(9-12)6-8-13-7-4-3-5-11(13)2/h6,11H,3-5,7-8H2,1-2H3/b10-6-. The lowest BCUT2D eigenvalue weighted by molar-refractivity contribution is 0.178. The molecule has 0 saturated carbocycles. The minimum atomic E-state index is 0.691. The summed E-state index contributed by atoms with van der Waals surface area (Å²) < 4.78 is 0. The highest BCUT2D eigenvalue weighted by Gasteiger charge is 2.16. The van der Waals surface area contributed by atoms with E-state index >= 15 is 0 Å². The first-order valence-corrected chi connectivity index (χ1v) is 5.05. The second-order valence-corrected chi connectivity index (χ2v) is 3.84. The molecule has 1 saturated heterocycles. The van der Waals surface area contributed by atoms with Gasteiger partial charge in [0.2, 0.25) is 0 Å². The second kappa shape index (κ2) is 5.04. The van der Waals surface area contributed by atoms with Gasteiger partial charge in [-0.3, -0.25) is 4.90 Å². The summed E-state index contributed by atoms with van der Waals surface area (Å²) in [4.78, 5) is 2.45. The Morgan fingerprint density at radius 1 is 1.62 bits per heavy atom. The zero-order chi connectivity index (χ0) is 9.68. The first kappa shape index (κ1) is 10.3. The van der Waals surface area contributed by atoms with Crippen molar-refractivity contribution in [3.05, 3.63) is 11.6 Å². The van der Waals surface area contributed by atoms with Crippen LogP contribution in [0.2, 0.25) is 0 Å². The molecule has 0 aromatic carbocycles. The Kier molecular flexibility index (Phi) is 3.98. The van der Waals surface area contributed by atoms with E-state index in [-0.39, 0.29) is 0 Å². The molecular weight excluding hydrogens is 160 g/mol. The molecule has 2 nitrogen and oxygen atoms in total. The van der Waals surface area contributed by atoms with Gasteiger partial charge in [0.15, 0.2) is 0 Å². The van der Waals surface area contributed by atoms with Crippen molar-refractivity contribution in [1.29, 1.82) is 5.26 Å². The van der Waals surface area contributed by atoms with Crippen LogP contribution >= 0.6 is 0 Å². The van der Waals surface area contributed by atoms with Gasteiger partial charge in [-0.15, -0.1) is 0 Å². The first-order chi connectivity index (χ1) is 6.24. The fraction of sp³-hybridized carbons (Fsp3) is 0.727. The number of likely N-dealkylation sites (tertiary alicyclic amines) is 1. The molecule has 13 heavy (non-hydrogen) atoms. The van der Waals surface area contributed by atoms with Crippen molar-refractivity contribution < 1.29 is 0 Å². The van der Waals surface area contributed by atoms with Gasteiger partial charge in [0, 0.05) is 18.2 Å². The quantitative estimate of drug-likeness (QED) is 0.607. The van der Waals surface area contributed by atoms with E-state index in [9.17, 15) is 0 Å². The topological polar surface area (TPSA) is 27.0 Å². The molecule has 0 bridgehead atoms. The van der Waals surface area contributed by atoms with E-state index in [2.05, 4.69) is 17.9 Å². The predicted molar refractivity (Wildman–Crippen MR) is 54.3 cm³/mol. The van der Waals surface area contributed by atoms with Crippen molar-refractivity contribution in [3.8, 4) is 6.07 Å². The highest BCUT2D eigenvalue weighted by Crippen LogP contribution is 2.15. The second-order valence-electron chi connectivity index (χ2n) is 3.84. The van der Waals surface area contributed by atoms with E-state index in [4.69, 9.17) is 5.26 Å². The van der Waals surface area contributed by atoms with Crippen LogP contribution in [0.25, 0.3) is 0 Å². The van der Waals surface area contributed by atoms with Crippen LogP contribution in [0.5, 0.6) is 0 Å². The smallest absolute Gasteiger partial charge is 0.0941 e. The van der Waals surface area contributed by atoms with E-state index in [1.54, 1.807) is 0 Å². The third kappa shape index (κ3) is 3.20. The molecule has 1 atom stereocenters. The Hall–Kier alpha value is -0.810. The maximum Gasteiger partial charge on any atom is 0.0941 e. The SMILES string of the molecule is C/C(C#N)=C/CN1CCCCC1C. The van der Waals surface area contributed by atoms with Crippen molar-refractivity contribution >= 4 is 0 Å². The first-order valence-electron chi connectivity index (χ1n) is 5.05. The average molecular weight is 178 g/mol. The molecule has 72 valence electrons. The van der Waals surface area contributed by atoms with Gasteiger partial charge in [-0.05, 0) is 33.2 Å². The molecule has 1 fully saturated rings. The molecule has 0 N–H and O–H groups in total. The summed E-state index contributed by atoms with van der Waals surface area (Å²) in [5.74, 6) is 0. The van der Waals surface area contributed by atoms with Crippen molar-refractivity contribution in [2.24, 2.45) is 0 Å². The Labute approximate surface area is 80.8 Å². The van der Waals surface area contributed by atoms with Crippen molar-refractivity contribution in [1.82, 2.24) is 4.90 Å². The van der Waals surface area contributed by atoms with E-state index in [1.165, 1.54) is 25.8 Å². The molecule has 1 aliphatic heterocycles. The van der Waals surface area contributed by atoms with Crippen LogP contribution in [0.3, 0.4) is 0 Å². The molecule has 0 aromatic heterocycles. The van der Waals surface area contributed by atoms with Crippen molar-refractivity contribution in [2.75, 3.05) is 13.1 Å². The zero-order valence-electron chi connectivity index (χ0n) is 8.58. The summed E-state index contributed by atoms with van der Waals surface area (Å²) in [6.45, 7) is 6.28. The third-order valence-corrected chi connectivity index (χ3v) is 2.75. The van der Waals surface area contributed by atoms with Crippen LogP contribution in [-0.2, 0) is 0 Å². The molecule has 0 spiro atoms. The summed E-state index contributed by atoms with van der Waals surface area (Å²) in [6, 6.07) is 2.84. The Morgan fingerprint density at radius 2 is 2.38 bits per heavy atom. The van der Waals surface area contributed by atoms with Gasteiger partial charge < -0.3 is 0 Å². The van der Waals surface area contributed by atoms with Crippen molar-refractivity contribution in [3.63, 3.8) is 0 Å². The van der Waals surface area contributed by atoms with Gasteiger partial charge >= 0.3 is 0 Å². The van der Waals surface area contributed by atoms with E-state index < -0.39 is 0 Å². The van der Waals surface area contributed by atoms with E-state index in [0.717, 1.165) is 12.1 Å². The normalized spacial score (nSPS) is 25.6. The number of allylic oxidation sites excluding steroid dienone is 1. The molecule has 0 aliphatic carbocycles. The molecule has 2 heteroatoms. The molecule has 1 heterocycles. The van der Waals surface area contributed by atoms with Gasteiger partial charge in [0.1, 0.15) is 0 Å². The lowest BCUT2D eigenvalue weighted by Crippen LogP contribution is -2.37. The number of rotatable bonds is 2. The summed E-state index contributed by atoms with van der Waals surface area (Å²) in [7, 11) is 0. The number of nitrogens with zero attached hydrogens (tertiary/aromatic N) is 2. The van der Waals surface area contributed by atoms with Gasteiger partial charge in [-0.2, -0.15) is 5.26 Å². The van der Waals surface area contributed by atoms with Crippen LogP contribution in [0.4, 0.5) is 0 Å². The van der Waals surface area contributed by atoms with Gasteiger partial charge in [-0.1, -0.05) is 12.5 Å². The van der Waals surface area contributed by atoms with Crippen molar-refractivity contribution in [2.45, 2.75) is 39.2 Å². The zero-order valence-corrected chi connectivity index (χ0v) is 8.58. The molecule has 1 unspecified atom stereocenters. The van der Waals surface area contributed by atoms with Crippen LogP contribution in [-0.4, -0.2) is 24.0 Å². The molecule has 0 radical (unpaired) electrons. The molecule has 0 aromatic rings.